The highest BCUT2D eigenvalue weighted by Crippen LogP contribution is 2.33. The van der Waals surface area contributed by atoms with Gasteiger partial charge >= 0.3 is 5.97 Å². The van der Waals surface area contributed by atoms with E-state index in [4.69, 9.17) is 6.42 Å². The average Bonchev–Trinajstić information content (AvgIpc) is 2.28. The molecular weight excluding hydrogens is 180 g/mol. The van der Waals surface area contributed by atoms with Crippen molar-refractivity contribution >= 4 is 5.97 Å². The monoisotopic (exact) mass is 196 g/mol. The van der Waals surface area contributed by atoms with E-state index in [-0.39, 0.29) is 5.92 Å². The third kappa shape index (κ3) is 1.91. The molecule has 78 valence electrons. The lowest BCUT2D eigenvalue weighted by molar-refractivity contribution is -0.162. The number of esters is 1. The fourth-order valence-corrected chi connectivity index (χ4v) is 2.02. The lowest BCUT2D eigenvalue weighted by atomic mass is 9.77. The highest BCUT2D eigenvalue weighted by Gasteiger charge is 2.43. The molecule has 0 aliphatic heterocycles. The summed E-state index contributed by atoms with van der Waals surface area (Å²) >= 11 is 0. The van der Waals surface area contributed by atoms with Crippen LogP contribution in [-0.4, -0.2) is 23.8 Å². The number of rotatable bonds is 2. The number of carbonyl (C=O) groups is 1. The summed E-state index contributed by atoms with van der Waals surface area (Å²) in [4.78, 5) is 11.3. The van der Waals surface area contributed by atoms with Crippen LogP contribution in [0.3, 0.4) is 0 Å². The summed E-state index contributed by atoms with van der Waals surface area (Å²) in [5.41, 5.74) is -1.71. The Morgan fingerprint density at radius 1 is 1.50 bits per heavy atom. The van der Waals surface area contributed by atoms with Gasteiger partial charge in [0.2, 0.25) is 5.60 Å². The summed E-state index contributed by atoms with van der Waals surface area (Å²) in [6.45, 7) is 0. The van der Waals surface area contributed by atoms with Crippen molar-refractivity contribution in [3.63, 3.8) is 0 Å². The van der Waals surface area contributed by atoms with Crippen LogP contribution >= 0.6 is 0 Å². The molecule has 0 aromatic carbocycles. The molecule has 1 rings (SSSR count). The van der Waals surface area contributed by atoms with Crippen LogP contribution in [0.4, 0.5) is 0 Å². The van der Waals surface area contributed by atoms with E-state index < -0.39 is 11.6 Å². The van der Waals surface area contributed by atoms with Gasteiger partial charge in [-0.25, -0.2) is 4.79 Å². The van der Waals surface area contributed by atoms with Gasteiger partial charge in [-0.15, -0.1) is 6.42 Å². The first-order valence-corrected chi connectivity index (χ1v) is 4.93. The predicted octanol–water partition coefficient (Wildman–Crippen LogP) is 1.10. The maximum Gasteiger partial charge on any atom is 0.351 e. The molecule has 0 bridgehead atoms. The summed E-state index contributed by atoms with van der Waals surface area (Å²) in [6.07, 6.45) is 10.0. The minimum absolute atomic E-state index is 0.145. The smallest absolute Gasteiger partial charge is 0.351 e. The second kappa shape index (κ2) is 4.47. The summed E-state index contributed by atoms with van der Waals surface area (Å²) in [7, 11) is 1.24. The lowest BCUT2D eigenvalue weighted by Crippen LogP contribution is -2.46. The Morgan fingerprint density at radius 3 is 2.50 bits per heavy atom. The van der Waals surface area contributed by atoms with Crippen LogP contribution in [0.2, 0.25) is 0 Å². The molecule has 1 atom stereocenters. The molecule has 3 heteroatoms. The van der Waals surface area contributed by atoms with Crippen LogP contribution < -0.4 is 0 Å². The van der Waals surface area contributed by atoms with E-state index in [1.165, 1.54) is 7.11 Å². The fourth-order valence-electron chi connectivity index (χ4n) is 2.02. The van der Waals surface area contributed by atoms with E-state index in [1.807, 2.05) is 0 Å². The molecule has 0 spiro atoms. The van der Waals surface area contributed by atoms with E-state index in [9.17, 15) is 9.90 Å². The molecule has 1 fully saturated rings. The topological polar surface area (TPSA) is 46.5 Å². The number of hydrogen-bond acceptors (Lipinski definition) is 3. The standard InChI is InChI=1S/C11H16O3/c1-3-11(13,10(12)14-2)9-7-5-4-6-8-9/h1,9,13H,4-8H2,2H3. The van der Waals surface area contributed by atoms with Crippen LogP contribution in [0.25, 0.3) is 0 Å². The van der Waals surface area contributed by atoms with Crippen LogP contribution in [-0.2, 0) is 9.53 Å². The largest absolute Gasteiger partial charge is 0.466 e. The molecule has 0 saturated heterocycles. The molecule has 14 heavy (non-hydrogen) atoms. The highest BCUT2D eigenvalue weighted by molar-refractivity contribution is 5.83. The maximum absolute atomic E-state index is 11.3. The number of terminal acetylenes is 1. The van der Waals surface area contributed by atoms with Gasteiger partial charge in [-0.3, -0.25) is 0 Å². The lowest BCUT2D eigenvalue weighted by Gasteiger charge is -2.31. The number of methoxy groups -OCH3 is 1. The van der Waals surface area contributed by atoms with Gasteiger partial charge in [0.15, 0.2) is 0 Å². The number of ether oxygens (including phenoxy) is 1. The van der Waals surface area contributed by atoms with Crippen molar-refractivity contribution in [2.75, 3.05) is 7.11 Å². The van der Waals surface area contributed by atoms with Crippen LogP contribution in [0.5, 0.6) is 0 Å². The number of aliphatic hydroxyl groups is 1. The van der Waals surface area contributed by atoms with Gasteiger partial charge in [-0.1, -0.05) is 25.2 Å². The summed E-state index contributed by atoms with van der Waals surface area (Å²) in [5.74, 6) is 1.33. The Kier molecular flexibility index (Phi) is 3.54. The zero-order valence-electron chi connectivity index (χ0n) is 8.45. The Hall–Kier alpha value is -1.01. The molecule has 3 nitrogen and oxygen atoms in total. The molecule has 1 N–H and O–H groups in total. The Balaban J connectivity index is 2.78. The Morgan fingerprint density at radius 2 is 2.07 bits per heavy atom. The van der Waals surface area contributed by atoms with Crippen molar-refractivity contribution in [2.45, 2.75) is 37.7 Å². The molecule has 0 amide bonds. The first-order chi connectivity index (χ1) is 6.65. The van der Waals surface area contributed by atoms with Gasteiger partial charge in [0, 0.05) is 5.92 Å². The summed E-state index contributed by atoms with van der Waals surface area (Å²) in [5, 5.41) is 10.0. The highest BCUT2D eigenvalue weighted by atomic mass is 16.5. The van der Waals surface area contributed by atoms with Crippen molar-refractivity contribution in [2.24, 2.45) is 5.92 Å². The van der Waals surface area contributed by atoms with Gasteiger partial charge in [-0.2, -0.15) is 0 Å². The molecule has 1 unspecified atom stereocenters. The van der Waals surface area contributed by atoms with E-state index in [2.05, 4.69) is 10.7 Å². The van der Waals surface area contributed by atoms with Crippen molar-refractivity contribution in [3.05, 3.63) is 0 Å². The third-order valence-corrected chi connectivity index (χ3v) is 2.91. The van der Waals surface area contributed by atoms with E-state index in [1.54, 1.807) is 0 Å². The Labute approximate surface area is 84.5 Å². The number of hydrogen-bond donors (Lipinski definition) is 1. The molecule has 0 radical (unpaired) electrons. The second-order valence-electron chi connectivity index (χ2n) is 3.74. The van der Waals surface area contributed by atoms with Crippen LogP contribution in [0.15, 0.2) is 0 Å². The van der Waals surface area contributed by atoms with Gasteiger partial charge in [0.05, 0.1) is 7.11 Å². The van der Waals surface area contributed by atoms with Crippen molar-refractivity contribution in [1.29, 1.82) is 0 Å². The van der Waals surface area contributed by atoms with Crippen molar-refractivity contribution in [3.8, 4) is 12.3 Å². The van der Waals surface area contributed by atoms with Gasteiger partial charge in [0.1, 0.15) is 0 Å². The summed E-state index contributed by atoms with van der Waals surface area (Å²) in [6, 6.07) is 0. The van der Waals surface area contributed by atoms with Gasteiger partial charge in [-0.05, 0) is 12.8 Å². The van der Waals surface area contributed by atoms with Crippen LogP contribution in [0, 0.1) is 18.3 Å². The minimum atomic E-state index is -1.71. The average molecular weight is 196 g/mol. The maximum atomic E-state index is 11.3. The van der Waals surface area contributed by atoms with Crippen LogP contribution in [0.1, 0.15) is 32.1 Å². The van der Waals surface area contributed by atoms with E-state index in [0.29, 0.717) is 0 Å². The molecule has 0 aromatic rings. The van der Waals surface area contributed by atoms with Crippen molar-refractivity contribution in [1.82, 2.24) is 0 Å². The normalized spacial score (nSPS) is 22.1. The fraction of sp³-hybridized carbons (Fsp3) is 0.727. The molecule has 1 saturated carbocycles. The van der Waals surface area contributed by atoms with E-state index >= 15 is 0 Å². The first-order valence-electron chi connectivity index (χ1n) is 4.93. The molecule has 1 aliphatic rings. The molecule has 0 aromatic heterocycles. The molecular formula is C11H16O3. The SMILES string of the molecule is C#CC(O)(C(=O)OC)C1CCCCC1. The predicted molar refractivity (Wildman–Crippen MR) is 52.4 cm³/mol. The van der Waals surface area contributed by atoms with Gasteiger partial charge in [0.25, 0.3) is 0 Å². The number of carbonyl (C=O) groups excluding carboxylic acids is 1. The van der Waals surface area contributed by atoms with E-state index in [0.717, 1.165) is 32.1 Å². The van der Waals surface area contributed by atoms with Gasteiger partial charge < -0.3 is 9.84 Å². The minimum Gasteiger partial charge on any atom is -0.466 e. The summed E-state index contributed by atoms with van der Waals surface area (Å²) < 4.78 is 4.53. The molecule has 1 aliphatic carbocycles. The quantitative estimate of drug-likeness (QED) is 0.531. The van der Waals surface area contributed by atoms with Crippen molar-refractivity contribution < 1.29 is 14.6 Å². The third-order valence-electron chi connectivity index (χ3n) is 2.91. The zero-order chi connectivity index (χ0) is 10.6. The Bertz CT molecular complexity index is 248. The first kappa shape index (κ1) is 11.1. The second-order valence-corrected chi connectivity index (χ2v) is 3.74. The zero-order valence-corrected chi connectivity index (χ0v) is 8.45. The molecule has 0 heterocycles.